The molecule has 0 saturated carbocycles. The minimum Gasteiger partial charge on any atom is -0.490 e. The van der Waals surface area contributed by atoms with Crippen LogP contribution in [0.3, 0.4) is 0 Å². The third kappa shape index (κ3) is 6.45. The molecule has 0 unspecified atom stereocenters. The molecular weight excluding hydrogens is 466 g/mol. The zero-order valence-electron chi connectivity index (χ0n) is 17.4. The quantitative estimate of drug-likeness (QED) is 0.319. The Morgan fingerprint density at radius 3 is 2.60 bits per heavy atom. The molecule has 0 bridgehead atoms. The zero-order valence-corrected chi connectivity index (χ0v) is 19.8. The number of aromatic nitrogens is 4. The molecule has 9 heteroatoms. The summed E-state index contributed by atoms with van der Waals surface area (Å²) in [7, 11) is 1.84. The van der Waals surface area contributed by atoms with Gasteiger partial charge in [-0.25, -0.2) is 4.68 Å². The molecule has 0 fully saturated rings. The van der Waals surface area contributed by atoms with Gasteiger partial charge in [0.25, 0.3) is 0 Å². The summed E-state index contributed by atoms with van der Waals surface area (Å²) in [6, 6.07) is 12.4. The number of nitrogens with zero attached hydrogens (tertiary/aromatic N) is 4. The van der Waals surface area contributed by atoms with Gasteiger partial charge in [0.05, 0.1) is 6.61 Å². The van der Waals surface area contributed by atoms with Crippen molar-refractivity contribution in [2.75, 3.05) is 18.9 Å². The van der Waals surface area contributed by atoms with Gasteiger partial charge < -0.3 is 14.8 Å². The first-order chi connectivity index (χ1) is 14.6. The van der Waals surface area contributed by atoms with Crippen LogP contribution in [0.25, 0.3) is 0 Å². The monoisotopic (exact) mass is 491 g/mol. The van der Waals surface area contributed by atoms with Crippen molar-refractivity contribution >= 4 is 27.7 Å². The summed E-state index contributed by atoms with van der Waals surface area (Å²) < 4.78 is 14.5. The van der Waals surface area contributed by atoms with Crippen LogP contribution in [0.1, 0.15) is 23.6 Å². The molecule has 0 radical (unpaired) electrons. The number of hydrogen-bond donors (Lipinski definition) is 1. The van der Waals surface area contributed by atoms with E-state index in [9.17, 15) is 0 Å². The summed E-state index contributed by atoms with van der Waals surface area (Å²) in [5, 5.41) is 15.7. The van der Waals surface area contributed by atoms with Gasteiger partial charge in [-0.1, -0.05) is 57.5 Å². The van der Waals surface area contributed by atoms with E-state index in [1.54, 1.807) is 16.4 Å². The van der Waals surface area contributed by atoms with Crippen molar-refractivity contribution in [1.82, 2.24) is 25.5 Å². The van der Waals surface area contributed by atoms with Crippen molar-refractivity contribution < 1.29 is 9.47 Å². The number of aryl methyl sites for hydroxylation is 2. The number of nitrogens with one attached hydrogen (secondary N) is 1. The van der Waals surface area contributed by atoms with E-state index >= 15 is 0 Å². The van der Waals surface area contributed by atoms with Crippen molar-refractivity contribution in [3.8, 4) is 11.5 Å². The summed E-state index contributed by atoms with van der Waals surface area (Å²) in [6.45, 7) is 6.68. The molecule has 0 amide bonds. The van der Waals surface area contributed by atoms with Crippen LogP contribution in [0.15, 0.2) is 46.0 Å². The zero-order chi connectivity index (χ0) is 21.3. The number of ether oxygens (including phenoxy) is 2. The second-order valence-electron chi connectivity index (χ2n) is 6.71. The van der Waals surface area contributed by atoms with Gasteiger partial charge in [0, 0.05) is 30.4 Å². The highest BCUT2D eigenvalue weighted by atomic mass is 79.9. The minimum atomic E-state index is 0.499. The molecule has 0 aliphatic rings. The molecule has 0 atom stereocenters. The largest absolute Gasteiger partial charge is 0.490 e. The van der Waals surface area contributed by atoms with Crippen LogP contribution in [0, 0.1) is 6.92 Å². The third-order valence-corrected chi connectivity index (χ3v) is 6.08. The van der Waals surface area contributed by atoms with Gasteiger partial charge in [0.1, 0.15) is 6.61 Å². The molecule has 7 nitrogen and oxygen atoms in total. The molecule has 1 heterocycles. The first-order valence-electron chi connectivity index (χ1n) is 9.76. The highest BCUT2D eigenvalue weighted by molar-refractivity contribution is 9.10. The summed E-state index contributed by atoms with van der Waals surface area (Å²) in [5.74, 6) is 2.37. The first-order valence-corrected chi connectivity index (χ1v) is 11.5. The summed E-state index contributed by atoms with van der Waals surface area (Å²) >= 11 is 5.29. The van der Waals surface area contributed by atoms with Crippen molar-refractivity contribution in [3.63, 3.8) is 0 Å². The van der Waals surface area contributed by atoms with E-state index in [1.807, 2.05) is 26.1 Å². The Morgan fingerprint density at radius 2 is 1.90 bits per heavy atom. The van der Waals surface area contributed by atoms with E-state index in [0.29, 0.717) is 13.2 Å². The highest BCUT2D eigenvalue weighted by Gasteiger charge is 2.11. The maximum atomic E-state index is 6.05. The lowest BCUT2D eigenvalue weighted by Crippen LogP contribution is -2.17. The lowest BCUT2D eigenvalue weighted by Gasteiger charge is -2.15. The molecule has 3 aromatic rings. The summed E-state index contributed by atoms with van der Waals surface area (Å²) in [5.41, 5.74) is 3.48. The van der Waals surface area contributed by atoms with E-state index in [0.717, 1.165) is 51.1 Å². The molecule has 0 aliphatic heterocycles. The fourth-order valence-corrected chi connectivity index (χ4v) is 3.93. The smallest absolute Gasteiger partial charge is 0.209 e. The predicted molar refractivity (Wildman–Crippen MR) is 122 cm³/mol. The van der Waals surface area contributed by atoms with Gasteiger partial charge in [0.15, 0.2) is 11.5 Å². The highest BCUT2D eigenvalue weighted by Crippen LogP contribution is 2.34. The molecule has 0 aliphatic carbocycles. The SMILES string of the molecule is CCOc1cc(CNCCSc2nnnn2C)c(Br)cc1OCc1ccc(C)cc1. The topological polar surface area (TPSA) is 74.1 Å². The molecule has 1 N–H and O–H groups in total. The Kier molecular flexibility index (Phi) is 8.53. The average molecular weight is 492 g/mol. The predicted octanol–water partition coefficient (Wildman–Crippen LogP) is 4.14. The molecule has 3 rings (SSSR count). The van der Waals surface area contributed by atoms with Gasteiger partial charge in [-0.2, -0.15) is 0 Å². The maximum absolute atomic E-state index is 6.05. The number of tetrazole rings is 1. The van der Waals surface area contributed by atoms with Crippen LogP contribution in [0.5, 0.6) is 11.5 Å². The van der Waals surface area contributed by atoms with Crippen LogP contribution in [-0.4, -0.2) is 39.1 Å². The Bertz CT molecular complexity index is 949. The lowest BCUT2D eigenvalue weighted by molar-refractivity contribution is 0.269. The molecule has 160 valence electrons. The number of thioether (sulfide) groups is 1. The van der Waals surface area contributed by atoms with Gasteiger partial charge in [-0.15, -0.1) is 5.10 Å². The summed E-state index contributed by atoms with van der Waals surface area (Å²) in [6.07, 6.45) is 0. The number of rotatable bonds is 11. The van der Waals surface area contributed by atoms with Crippen LogP contribution >= 0.6 is 27.7 Å². The van der Waals surface area contributed by atoms with Crippen LogP contribution < -0.4 is 14.8 Å². The Balaban J connectivity index is 1.56. The van der Waals surface area contributed by atoms with E-state index < -0.39 is 0 Å². The average Bonchev–Trinajstić information content (AvgIpc) is 3.14. The van der Waals surface area contributed by atoms with Crippen LogP contribution in [0.4, 0.5) is 0 Å². The van der Waals surface area contributed by atoms with E-state index in [1.165, 1.54) is 5.56 Å². The molecule has 1 aromatic heterocycles. The van der Waals surface area contributed by atoms with Gasteiger partial charge in [-0.3, -0.25) is 0 Å². The van der Waals surface area contributed by atoms with Crippen molar-refractivity contribution in [2.45, 2.75) is 32.2 Å². The molecule has 0 saturated heterocycles. The van der Waals surface area contributed by atoms with E-state index in [2.05, 4.69) is 68.0 Å². The van der Waals surface area contributed by atoms with Crippen molar-refractivity contribution in [3.05, 3.63) is 57.6 Å². The fourth-order valence-electron chi connectivity index (χ4n) is 2.72. The molecular formula is C21H26BrN5O2S. The normalized spacial score (nSPS) is 10.9. The van der Waals surface area contributed by atoms with Gasteiger partial charge in [0.2, 0.25) is 5.16 Å². The number of halogens is 1. The molecule has 30 heavy (non-hydrogen) atoms. The van der Waals surface area contributed by atoms with E-state index in [-0.39, 0.29) is 0 Å². The Hall–Kier alpha value is -2.10. The van der Waals surface area contributed by atoms with Crippen molar-refractivity contribution in [1.29, 1.82) is 0 Å². The summed E-state index contributed by atoms with van der Waals surface area (Å²) in [4.78, 5) is 0. The standard InChI is InChI=1S/C21H26BrN5O2S/c1-4-28-19-11-17(13-23-9-10-30-21-24-25-26-27(21)3)18(22)12-20(19)29-14-16-7-5-15(2)6-8-16/h5-8,11-12,23H,4,9-10,13-14H2,1-3H3. The minimum absolute atomic E-state index is 0.499. The number of benzene rings is 2. The van der Waals surface area contributed by atoms with Gasteiger partial charge >= 0.3 is 0 Å². The first kappa shape index (κ1) is 22.6. The Labute approximate surface area is 189 Å². The Morgan fingerprint density at radius 1 is 1.13 bits per heavy atom. The number of hydrogen-bond acceptors (Lipinski definition) is 7. The lowest BCUT2D eigenvalue weighted by atomic mass is 10.1. The van der Waals surface area contributed by atoms with Gasteiger partial charge in [-0.05, 0) is 47.5 Å². The maximum Gasteiger partial charge on any atom is 0.209 e. The molecule has 2 aromatic carbocycles. The van der Waals surface area contributed by atoms with E-state index in [4.69, 9.17) is 9.47 Å². The second kappa shape index (κ2) is 11.3. The van der Waals surface area contributed by atoms with Crippen LogP contribution in [-0.2, 0) is 20.2 Å². The van der Waals surface area contributed by atoms with Crippen molar-refractivity contribution in [2.24, 2.45) is 7.05 Å². The van der Waals surface area contributed by atoms with Crippen LogP contribution in [0.2, 0.25) is 0 Å². The molecule has 0 spiro atoms. The second-order valence-corrected chi connectivity index (χ2v) is 8.62. The third-order valence-electron chi connectivity index (χ3n) is 4.33. The fraction of sp³-hybridized carbons (Fsp3) is 0.381.